The van der Waals surface area contributed by atoms with E-state index in [2.05, 4.69) is 41.4 Å². The van der Waals surface area contributed by atoms with E-state index in [-0.39, 0.29) is 0 Å². The number of guanidine groups is 1. The zero-order chi connectivity index (χ0) is 15.3. The van der Waals surface area contributed by atoms with Gasteiger partial charge in [-0.05, 0) is 32.6 Å². The topological polar surface area (TPSA) is 48.9 Å². The second-order valence-electron chi connectivity index (χ2n) is 4.74. The van der Waals surface area contributed by atoms with Crippen molar-refractivity contribution in [1.29, 1.82) is 0 Å². The average Bonchev–Trinajstić information content (AvgIpc) is 2.52. The molecule has 5 heteroatoms. The Morgan fingerprint density at radius 1 is 1.19 bits per heavy atom. The van der Waals surface area contributed by atoms with Crippen LogP contribution in [0.1, 0.15) is 13.8 Å². The molecule has 0 aromatic heterocycles. The van der Waals surface area contributed by atoms with E-state index in [0.717, 1.165) is 44.4 Å². The number of hydrogen-bond donors (Lipinski definition) is 2. The predicted octanol–water partition coefficient (Wildman–Crippen LogP) is 1.57. The molecule has 0 unspecified atom stereocenters. The van der Waals surface area contributed by atoms with E-state index in [1.807, 2.05) is 30.3 Å². The first-order valence-electron chi connectivity index (χ1n) is 7.64. The largest absolute Gasteiger partial charge is 0.492 e. The molecule has 1 rings (SSSR count). The predicted molar refractivity (Wildman–Crippen MR) is 89.1 cm³/mol. The van der Waals surface area contributed by atoms with Crippen molar-refractivity contribution in [3.63, 3.8) is 0 Å². The molecule has 1 aromatic carbocycles. The molecule has 1 aromatic rings. The molecule has 0 atom stereocenters. The summed E-state index contributed by atoms with van der Waals surface area (Å²) in [4.78, 5) is 6.78. The Kier molecular flexibility index (Phi) is 9.04. The zero-order valence-corrected chi connectivity index (χ0v) is 13.4. The van der Waals surface area contributed by atoms with Gasteiger partial charge in [0.2, 0.25) is 0 Å². The fourth-order valence-corrected chi connectivity index (χ4v) is 1.69. The smallest absolute Gasteiger partial charge is 0.191 e. The van der Waals surface area contributed by atoms with E-state index in [1.54, 1.807) is 0 Å². The van der Waals surface area contributed by atoms with Crippen LogP contribution in [0.3, 0.4) is 0 Å². The quantitative estimate of drug-likeness (QED) is 0.412. The molecule has 0 bridgehead atoms. The lowest BCUT2D eigenvalue weighted by Gasteiger charge is -2.14. The molecule has 0 saturated carbocycles. The number of hydrogen-bond acceptors (Lipinski definition) is 3. The SMILES string of the molecule is CCNC(=NCCN(C)CC)NCCOc1ccccc1. The molecule has 0 spiro atoms. The van der Waals surface area contributed by atoms with Crippen molar-refractivity contribution in [1.82, 2.24) is 15.5 Å². The molecule has 0 saturated heterocycles. The van der Waals surface area contributed by atoms with Crippen molar-refractivity contribution in [2.45, 2.75) is 13.8 Å². The number of rotatable bonds is 9. The van der Waals surface area contributed by atoms with Crippen LogP contribution in [-0.4, -0.2) is 57.2 Å². The van der Waals surface area contributed by atoms with Crippen LogP contribution in [0.15, 0.2) is 35.3 Å². The summed E-state index contributed by atoms with van der Waals surface area (Å²) < 4.78 is 5.64. The summed E-state index contributed by atoms with van der Waals surface area (Å²) >= 11 is 0. The normalized spacial score (nSPS) is 11.5. The second kappa shape index (κ2) is 11.0. The average molecular weight is 292 g/mol. The molecule has 21 heavy (non-hydrogen) atoms. The van der Waals surface area contributed by atoms with Gasteiger partial charge in [-0.25, -0.2) is 0 Å². The van der Waals surface area contributed by atoms with Crippen LogP contribution in [0.4, 0.5) is 0 Å². The molecule has 0 aliphatic heterocycles. The lowest BCUT2D eigenvalue weighted by molar-refractivity contribution is 0.322. The Hall–Kier alpha value is -1.75. The minimum absolute atomic E-state index is 0.614. The molecule has 0 amide bonds. The molecular formula is C16H28N4O. The molecule has 0 radical (unpaired) electrons. The van der Waals surface area contributed by atoms with Crippen LogP contribution in [-0.2, 0) is 0 Å². The van der Waals surface area contributed by atoms with Gasteiger partial charge < -0.3 is 20.3 Å². The fourth-order valence-electron chi connectivity index (χ4n) is 1.69. The summed E-state index contributed by atoms with van der Waals surface area (Å²) in [6.45, 7) is 9.21. The van der Waals surface area contributed by atoms with Gasteiger partial charge in [0.05, 0.1) is 13.1 Å². The van der Waals surface area contributed by atoms with E-state index in [0.29, 0.717) is 6.61 Å². The summed E-state index contributed by atoms with van der Waals surface area (Å²) in [7, 11) is 2.10. The van der Waals surface area contributed by atoms with Crippen LogP contribution in [0, 0.1) is 0 Å². The minimum atomic E-state index is 0.614. The molecule has 0 heterocycles. The van der Waals surface area contributed by atoms with Crippen molar-refractivity contribution in [3.8, 4) is 5.75 Å². The highest BCUT2D eigenvalue weighted by atomic mass is 16.5. The zero-order valence-electron chi connectivity index (χ0n) is 13.4. The number of para-hydroxylation sites is 1. The van der Waals surface area contributed by atoms with Crippen LogP contribution >= 0.6 is 0 Å². The molecule has 0 aliphatic carbocycles. The van der Waals surface area contributed by atoms with Crippen LogP contribution in [0.2, 0.25) is 0 Å². The minimum Gasteiger partial charge on any atom is -0.492 e. The highest BCUT2D eigenvalue weighted by Crippen LogP contribution is 2.07. The van der Waals surface area contributed by atoms with Crippen LogP contribution in [0.5, 0.6) is 5.75 Å². The Bertz CT molecular complexity index is 395. The first-order valence-corrected chi connectivity index (χ1v) is 7.64. The molecule has 0 aliphatic rings. The van der Waals surface area contributed by atoms with Gasteiger partial charge in [-0.2, -0.15) is 0 Å². The highest BCUT2D eigenvalue weighted by molar-refractivity contribution is 5.79. The third-order valence-corrected chi connectivity index (χ3v) is 3.04. The van der Waals surface area contributed by atoms with Crippen LogP contribution in [0.25, 0.3) is 0 Å². The van der Waals surface area contributed by atoms with Crippen molar-refractivity contribution in [2.24, 2.45) is 4.99 Å². The van der Waals surface area contributed by atoms with Crippen molar-refractivity contribution < 1.29 is 4.74 Å². The number of nitrogens with one attached hydrogen (secondary N) is 2. The van der Waals surface area contributed by atoms with E-state index in [9.17, 15) is 0 Å². The maximum absolute atomic E-state index is 5.64. The first-order chi connectivity index (χ1) is 10.3. The monoisotopic (exact) mass is 292 g/mol. The van der Waals surface area contributed by atoms with Crippen LogP contribution < -0.4 is 15.4 Å². The fraction of sp³-hybridized carbons (Fsp3) is 0.562. The van der Waals surface area contributed by atoms with Gasteiger partial charge in [0.1, 0.15) is 12.4 Å². The van der Waals surface area contributed by atoms with E-state index >= 15 is 0 Å². The van der Waals surface area contributed by atoms with Gasteiger partial charge in [-0.1, -0.05) is 25.1 Å². The maximum atomic E-state index is 5.64. The molecule has 5 nitrogen and oxygen atoms in total. The van der Waals surface area contributed by atoms with E-state index < -0.39 is 0 Å². The lowest BCUT2D eigenvalue weighted by atomic mass is 10.3. The molecule has 2 N–H and O–H groups in total. The number of likely N-dealkylation sites (N-methyl/N-ethyl adjacent to an activating group) is 1. The summed E-state index contributed by atoms with van der Waals surface area (Å²) in [6, 6.07) is 9.84. The van der Waals surface area contributed by atoms with Gasteiger partial charge in [-0.15, -0.1) is 0 Å². The third-order valence-electron chi connectivity index (χ3n) is 3.04. The number of ether oxygens (including phenoxy) is 1. The maximum Gasteiger partial charge on any atom is 0.191 e. The third kappa shape index (κ3) is 8.19. The highest BCUT2D eigenvalue weighted by Gasteiger charge is 1.98. The Labute approximate surface area is 128 Å². The van der Waals surface area contributed by atoms with Crippen molar-refractivity contribution in [3.05, 3.63) is 30.3 Å². The summed E-state index contributed by atoms with van der Waals surface area (Å²) in [5, 5.41) is 6.52. The Morgan fingerprint density at radius 3 is 2.62 bits per heavy atom. The second-order valence-corrected chi connectivity index (χ2v) is 4.74. The first kappa shape index (κ1) is 17.3. The lowest BCUT2D eigenvalue weighted by Crippen LogP contribution is -2.39. The van der Waals surface area contributed by atoms with Crippen molar-refractivity contribution >= 4 is 5.96 Å². The van der Waals surface area contributed by atoms with Gasteiger partial charge in [0, 0.05) is 13.1 Å². The number of benzene rings is 1. The van der Waals surface area contributed by atoms with E-state index in [1.165, 1.54) is 0 Å². The summed E-state index contributed by atoms with van der Waals surface area (Å²) in [5.74, 6) is 1.74. The van der Waals surface area contributed by atoms with Gasteiger partial charge >= 0.3 is 0 Å². The molecular weight excluding hydrogens is 264 g/mol. The number of aliphatic imine (C=N–C) groups is 1. The number of nitrogens with zero attached hydrogens (tertiary/aromatic N) is 2. The van der Waals surface area contributed by atoms with Gasteiger partial charge in [0.15, 0.2) is 5.96 Å². The van der Waals surface area contributed by atoms with Gasteiger partial charge in [0.25, 0.3) is 0 Å². The molecule has 118 valence electrons. The van der Waals surface area contributed by atoms with Crippen molar-refractivity contribution in [2.75, 3.05) is 46.4 Å². The summed E-state index contributed by atoms with van der Waals surface area (Å²) in [5.41, 5.74) is 0. The summed E-state index contributed by atoms with van der Waals surface area (Å²) in [6.07, 6.45) is 0. The Morgan fingerprint density at radius 2 is 1.95 bits per heavy atom. The standard InChI is InChI=1S/C16H28N4O/c1-4-17-16(18-11-13-20(3)5-2)19-12-14-21-15-9-7-6-8-10-15/h6-10H,4-5,11-14H2,1-3H3,(H2,17,18,19). The molecule has 0 fully saturated rings. The van der Waals surface area contributed by atoms with E-state index in [4.69, 9.17) is 4.74 Å². The van der Waals surface area contributed by atoms with Gasteiger partial charge in [-0.3, -0.25) is 4.99 Å². The Balaban J connectivity index is 2.25.